The number of ketones is 1. The molecule has 2 aliphatic rings. The first-order valence-corrected chi connectivity index (χ1v) is 11.0. The number of nitrogens with one attached hydrogen (secondary N) is 1. The van der Waals surface area contributed by atoms with Crippen LogP contribution in [0.1, 0.15) is 61.6 Å². The molecule has 0 bridgehead atoms. The maximum absolute atomic E-state index is 13.7. The summed E-state index contributed by atoms with van der Waals surface area (Å²) in [5, 5.41) is 3.08. The van der Waals surface area contributed by atoms with E-state index in [0.29, 0.717) is 12.8 Å². The summed E-state index contributed by atoms with van der Waals surface area (Å²) in [6, 6.07) is 10.2. The summed E-state index contributed by atoms with van der Waals surface area (Å²) in [5.41, 5.74) is 3.37. The van der Waals surface area contributed by atoms with Crippen LogP contribution in [0.5, 0.6) is 0 Å². The second-order valence-electron chi connectivity index (χ2n) is 9.08. The Kier molecular flexibility index (Phi) is 5.50. The van der Waals surface area contributed by atoms with Gasteiger partial charge in [-0.15, -0.1) is 0 Å². The van der Waals surface area contributed by atoms with E-state index in [2.05, 4.69) is 12.2 Å². The lowest BCUT2D eigenvalue weighted by Crippen LogP contribution is -2.53. The minimum atomic E-state index is -0.808. The molecule has 1 aliphatic heterocycles. The Morgan fingerprint density at radius 2 is 1.68 bits per heavy atom. The van der Waals surface area contributed by atoms with Crippen LogP contribution in [-0.4, -0.2) is 29.9 Å². The molecular formula is C26H30FNO3. The maximum atomic E-state index is 13.7. The minimum Gasteiger partial charge on any atom is -0.378 e. The molecule has 1 atom stereocenters. The zero-order chi connectivity index (χ0) is 22.4. The molecule has 2 aromatic rings. The van der Waals surface area contributed by atoms with Crippen molar-refractivity contribution in [2.24, 2.45) is 0 Å². The van der Waals surface area contributed by atoms with Crippen molar-refractivity contribution in [2.45, 2.75) is 69.9 Å². The van der Waals surface area contributed by atoms with E-state index < -0.39 is 11.5 Å². The lowest BCUT2D eigenvalue weighted by Gasteiger charge is -2.42. The van der Waals surface area contributed by atoms with Gasteiger partial charge in [0.1, 0.15) is 11.7 Å². The number of carbonyl (C=O) groups excluding carboxylic acids is 2. The highest BCUT2D eigenvalue weighted by Crippen LogP contribution is 2.46. The van der Waals surface area contributed by atoms with Crippen molar-refractivity contribution in [3.8, 4) is 11.1 Å². The number of benzene rings is 2. The highest BCUT2D eigenvalue weighted by atomic mass is 19.1. The smallest absolute Gasteiger partial charge is 0.235 e. The highest BCUT2D eigenvalue weighted by molar-refractivity contribution is 6.17. The highest BCUT2D eigenvalue weighted by Gasteiger charge is 2.56. The summed E-state index contributed by atoms with van der Waals surface area (Å²) in [4.78, 5) is 26.8. The minimum absolute atomic E-state index is 0.0271. The number of methoxy groups -OCH3 is 1. The van der Waals surface area contributed by atoms with Gasteiger partial charge in [0.25, 0.3) is 0 Å². The van der Waals surface area contributed by atoms with Gasteiger partial charge in [-0.25, -0.2) is 4.39 Å². The molecule has 0 radical (unpaired) electrons. The van der Waals surface area contributed by atoms with Gasteiger partial charge in [-0.1, -0.05) is 31.2 Å². The maximum Gasteiger partial charge on any atom is 0.235 e. The number of Topliss-reactive ketones (excluding diaryl/α,β-unsaturated/α-hetero) is 1. The van der Waals surface area contributed by atoms with Crippen molar-refractivity contribution < 1.29 is 18.7 Å². The Morgan fingerprint density at radius 3 is 2.26 bits per heavy atom. The van der Waals surface area contributed by atoms with Crippen LogP contribution >= 0.6 is 0 Å². The van der Waals surface area contributed by atoms with E-state index in [-0.39, 0.29) is 23.1 Å². The SMILES string of the molecule is CCC1(OC)CCC2(CC1)NC(=O)C(c1c(C)ccc(-c3ccc(F)cc3)c1C)C2=O. The zero-order valence-corrected chi connectivity index (χ0v) is 18.7. The summed E-state index contributed by atoms with van der Waals surface area (Å²) in [7, 11) is 1.73. The van der Waals surface area contributed by atoms with Gasteiger partial charge in [0.15, 0.2) is 5.78 Å². The molecule has 1 aliphatic carbocycles. The average Bonchev–Trinajstić information content (AvgIpc) is 3.00. The molecule has 1 saturated heterocycles. The van der Waals surface area contributed by atoms with Gasteiger partial charge in [0, 0.05) is 7.11 Å². The number of hydrogen-bond acceptors (Lipinski definition) is 3. The van der Waals surface area contributed by atoms with Crippen molar-refractivity contribution in [2.75, 3.05) is 7.11 Å². The van der Waals surface area contributed by atoms with Crippen LogP contribution in [0.4, 0.5) is 4.39 Å². The normalized spacial score (nSPS) is 28.2. The molecular weight excluding hydrogens is 393 g/mol. The van der Waals surface area contributed by atoms with Crippen LogP contribution in [0.2, 0.25) is 0 Å². The van der Waals surface area contributed by atoms with Crippen LogP contribution in [0.15, 0.2) is 36.4 Å². The molecule has 2 aromatic carbocycles. The Labute approximate surface area is 183 Å². The van der Waals surface area contributed by atoms with Crippen molar-refractivity contribution in [3.05, 3.63) is 58.9 Å². The fourth-order valence-corrected chi connectivity index (χ4v) is 5.48. The third-order valence-corrected chi connectivity index (χ3v) is 7.63. The Morgan fingerprint density at radius 1 is 1.03 bits per heavy atom. The van der Waals surface area contributed by atoms with Crippen molar-refractivity contribution in [1.82, 2.24) is 5.32 Å². The molecule has 164 valence electrons. The number of aryl methyl sites for hydroxylation is 1. The standard InChI is InChI=1S/C26H30FNO3/c1-5-25(31-4)12-14-26(15-13-25)23(29)22(24(30)28-26)21-16(2)6-11-20(17(21)3)18-7-9-19(27)10-8-18/h6-11,22H,5,12-15H2,1-4H3,(H,28,30). The summed E-state index contributed by atoms with van der Waals surface area (Å²) >= 11 is 0. The van der Waals surface area contributed by atoms with Gasteiger partial charge in [0.2, 0.25) is 5.91 Å². The van der Waals surface area contributed by atoms with E-state index in [0.717, 1.165) is 47.1 Å². The Balaban J connectivity index is 1.70. The van der Waals surface area contributed by atoms with Crippen LogP contribution in [-0.2, 0) is 14.3 Å². The van der Waals surface area contributed by atoms with Gasteiger partial charge in [-0.2, -0.15) is 0 Å². The second kappa shape index (κ2) is 7.86. The molecule has 1 amide bonds. The molecule has 1 unspecified atom stereocenters. The summed E-state index contributed by atoms with van der Waals surface area (Å²) < 4.78 is 19.2. The summed E-state index contributed by atoms with van der Waals surface area (Å²) in [5.74, 6) is -1.34. The molecule has 31 heavy (non-hydrogen) atoms. The van der Waals surface area contributed by atoms with Crippen molar-refractivity contribution >= 4 is 11.7 Å². The zero-order valence-electron chi connectivity index (χ0n) is 18.7. The van der Waals surface area contributed by atoms with Gasteiger partial charge < -0.3 is 10.1 Å². The number of halogens is 1. The first kappa shape index (κ1) is 21.7. The third kappa shape index (κ3) is 3.49. The molecule has 1 saturated carbocycles. The topological polar surface area (TPSA) is 55.4 Å². The number of hydrogen-bond donors (Lipinski definition) is 1. The predicted octanol–water partition coefficient (Wildman–Crippen LogP) is 5.00. The quantitative estimate of drug-likeness (QED) is 0.704. The van der Waals surface area contributed by atoms with Gasteiger partial charge in [-0.05, 0) is 85.9 Å². The molecule has 1 heterocycles. The van der Waals surface area contributed by atoms with Crippen LogP contribution in [0, 0.1) is 19.7 Å². The number of amides is 1. The molecule has 0 aromatic heterocycles. The van der Waals surface area contributed by atoms with E-state index in [1.807, 2.05) is 26.0 Å². The van der Waals surface area contributed by atoms with E-state index in [1.165, 1.54) is 12.1 Å². The Hall–Kier alpha value is -2.53. The third-order valence-electron chi connectivity index (χ3n) is 7.63. The molecule has 4 rings (SSSR count). The van der Waals surface area contributed by atoms with Crippen molar-refractivity contribution in [3.63, 3.8) is 0 Å². The predicted molar refractivity (Wildman–Crippen MR) is 118 cm³/mol. The first-order chi connectivity index (χ1) is 14.8. The number of rotatable bonds is 4. The second-order valence-corrected chi connectivity index (χ2v) is 9.08. The van der Waals surface area contributed by atoms with Crippen LogP contribution in [0.25, 0.3) is 11.1 Å². The number of carbonyl (C=O) groups is 2. The van der Waals surface area contributed by atoms with E-state index in [4.69, 9.17) is 4.74 Å². The fourth-order valence-electron chi connectivity index (χ4n) is 5.48. The number of ether oxygens (including phenoxy) is 1. The largest absolute Gasteiger partial charge is 0.378 e. The van der Waals surface area contributed by atoms with E-state index >= 15 is 0 Å². The van der Waals surface area contributed by atoms with Crippen molar-refractivity contribution in [1.29, 1.82) is 0 Å². The van der Waals surface area contributed by atoms with E-state index in [9.17, 15) is 14.0 Å². The fraction of sp³-hybridized carbons (Fsp3) is 0.462. The molecule has 1 N–H and O–H groups in total. The molecule has 5 heteroatoms. The van der Waals surface area contributed by atoms with Crippen LogP contribution < -0.4 is 5.32 Å². The summed E-state index contributed by atoms with van der Waals surface area (Å²) in [6.45, 7) is 5.99. The summed E-state index contributed by atoms with van der Waals surface area (Å²) in [6.07, 6.45) is 3.61. The first-order valence-electron chi connectivity index (χ1n) is 11.0. The van der Waals surface area contributed by atoms with Crippen LogP contribution in [0.3, 0.4) is 0 Å². The lowest BCUT2D eigenvalue weighted by molar-refractivity contribution is -0.128. The molecule has 4 nitrogen and oxygen atoms in total. The Bertz CT molecular complexity index is 1010. The average molecular weight is 424 g/mol. The van der Waals surface area contributed by atoms with Gasteiger partial charge in [0.05, 0.1) is 11.1 Å². The lowest BCUT2D eigenvalue weighted by atomic mass is 9.70. The van der Waals surface area contributed by atoms with Gasteiger partial charge >= 0.3 is 0 Å². The molecule has 1 spiro atoms. The van der Waals surface area contributed by atoms with Gasteiger partial charge in [-0.3, -0.25) is 9.59 Å². The van der Waals surface area contributed by atoms with E-state index in [1.54, 1.807) is 19.2 Å². The monoisotopic (exact) mass is 423 g/mol. The molecule has 2 fully saturated rings.